The summed E-state index contributed by atoms with van der Waals surface area (Å²) in [5.41, 5.74) is 1.68. The fourth-order valence-electron chi connectivity index (χ4n) is 1.40. The number of pyridine rings is 1. The SMILES string of the molecule is CC(=O)c1ccc2c(Br)nc(C)n2c1. The molecule has 2 aromatic heterocycles. The fourth-order valence-corrected chi connectivity index (χ4v) is 1.98. The summed E-state index contributed by atoms with van der Waals surface area (Å²) in [6, 6.07) is 3.70. The van der Waals surface area contributed by atoms with E-state index in [1.165, 1.54) is 0 Å². The lowest BCUT2D eigenvalue weighted by Gasteiger charge is -1.99. The summed E-state index contributed by atoms with van der Waals surface area (Å²) in [4.78, 5) is 15.4. The van der Waals surface area contributed by atoms with E-state index in [1.807, 2.05) is 29.7 Å². The van der Waals surface area contributed by atoms with Crippen molar-refractivity contribution in [3.63, 3.8) is 0 Å². The van der Waals surface area contributed by atoms with Gasteiger partial charge in [-0.2, -0.15) is 0 Å². The van der Waals surface area contributed by atoms with E-state index < -0.39 is 0 Å². The minimum Gasteiger partial charge on any atom is -0.302 e. The molecule has 0 N–H and O–H groups in total. The molecular formula is C10H9BrN2O. The molecule has 0 amide bonds. The van der Waals surface area contributed by atoms with Crippen LogP contribution in [0, 0.1) is 6.92 Å². The molecule has 0 saturated heterocycles. The zero-order valence-electron chi connectivity index (χ0n) is 7.91. The summed E-state index contributed by atoms with van der Waals surface area (Å²) in [5.74, 6) is 0.936. The number of carbonyl (C=O) groups excluding carboxylic acids is 1. The zero-order valence-corrected chi connectivity index (χ0v) is 9.50. The summed E-state index contributed by atoms with van der Waals surface area (Å²) < 4.78 is 2.71. The molecule has 72 valence electrons. The van der Waals surface area contributed by atoms with E-state index in [4.69, 9.17) is 0 Å². The summed E-state index contributed by atoms with van der Waals surface area (Å²) in [6.07, 6.45) is 1.81. The highest BCUT2D eigenvalue weighted by Crippen LogP contribution is 2.19. The molecule has 0 unspecified atom stereocenters. The van der Waals surface area contributed by atoms with Crippen molar-refractivity contribution in [1.29, 1.82) is 0 Å². The van der Waals surface area contributed by atoms with Gasteiger partial charge in [-0.05, 0) is 41.9 Å². The van der Waals surface area contributed by atoms with Gasteiger partial charge < -0.3 is 4.40 Å². The van der Waals surface area contributed by atoms with Crippen molar-refractivity contribution >= 4 is 27.2 Å². The van der Waals surface area contributed by atoms with Crippen molar-refractivity contribution in [1.82, 2.24) is 9.38 Å². The highest BCUT2D eigenvalue weighted by molar-refractivity contribution is 9.10. The average molecular weight is 253 g/mol. The quantitative estimate of drug-likeness (QED) is 0.732. The molecule has 0 spiro atoms. The standard InChI is InChI=1S/C10H9BrN2O/c1-6(14)8-3-4-9-10(11)12-7(2)13(9)5-8/h3-5H,1-2H3. The van der Waals surface area contributed by atoms with Crippen molar-refractivity contribution in [3.05, 3.63) is 34.3 Å². The third-order valence-corrected chi connectivity index (χ3v) is 2.76. The van der Waals surface area contributed by atoms with Crippen molar-refractivity contribution in [3.8, 4) is 0 Å². The number of fused-ring (bicyclic) bond motifs is 1. The first-order valence-electron chi connectivity index (χ1n) is 4.25. The number of halogens is 1. The number of aromatic nitrogens is 2. The average Bonchev–Trinajstić information content (AvgIpc) is 2.42. The first-order chi connectivity index (χ1) is 6.59. The largest absolute Gasteiger partial charge is 0.302 e. The minimum absolute atomic E-state index is 0.0659. The van der Waals surface area contributed by atoms with Gasteiger partial charge in [0.15, 0.2) is 5.78 Å². The third kappa shape index (κ3) is 1.35. The molecule has 0 radical (unpaired) electrons. The lowest BCUT2D eigenvalue weighted by atomic mass is 10.2. The Morgan fingerprint density at radius 3 is 2.86 bits per heavy atom. The van der Waals surface area contributed by atoms with Gasteiger partial charge in [0.1, 0.15) is 10.4 Å². The topological polar surface area (TPSA) is 34.4 Å². The molecule has 4 heteroatoms. The molecule has 2 rings (SSSR count). The molecular weight excluding hydrogens is 244 g/mol. The molecule has 3 nitrogen and oxygen atoms in total. The Morgan fingerprint density at radius 1 is 1.50 bits per heavy atom. The summed E-state index contributed by atoms with van der Waals surface area (Å²) >= 11 is 3.36. The van der Waals surface area contributed by atoms with E-state index in [9.17, 15) is 4.79 Å². The van der Waals surface area contributed by atoms with E-state index in [-0.39, 0.29) is 5.78 Å². The van der Waals surface area contributed by atoms with Crippen LogP contribution in [-0.2, 0) is 0 Å². The van der Waals surface area contributed by atoms with Crippen LogP contribution in [0.15, 0.2) is 22.9 Å². The molecule has 0 saturated carbocycles. The van der Waals surface area contributed by atoms with Crippen LogP contribution in [0.2, 0.25) is 0 Å². The lowest BCUT2D eigenvalue weighted by Crippen LogP contribution is -1.96. The van der Waals surface area contributed by atoms with Crippen LogP contribution in [0.3, 0.4) is 0 Å². The summed E-state index contributed by atoms with van der Waals surface area (Å²) in [5, 5.41) is 0. The molecule has 0 aliphatic rings. The van der Waals surface area contributed by atoms with Gasteiger partial charge in [0.2, 0.25) is 0 Å². The zero-order chi connectivity index (χ0) is 10.3. The normalized spacial score (nSPS) is 10.8. The number of rotatable bonds is 1. The molecule has 0 aliphatic heterocycles. The lowest BCUT2D eigenvalue weighted by molar-refractivity contribution is 0.101. The van der Waals surface area contributed by atoms with Crippen molar-refractivity contribution in [2.24, 2.45) is 0 Å². The predicted octanol–water partition coefficient (Wildman–Crippen LogP) is 2.61. The van der Waals surface area contributed by atoms with Gasteiger partial charge in [-0.25, -0.2) is 4.98 Å². The van der Waals surface area contributed by atoms with Crippen LogP contribution in [0.5, 0.6) is 0 Å². The summed E-state index contributed by atoms with van der Waals surface area (Å²) in [6.45, 7) is 3.46. The van der Waals surface area contributed by atoms with E-state index in [0.29, 0.717) is 5.56 Å². The van der Waals surface area contributed by atoms with Crippen LogP contribution >= 0.6 is 15.9 Å². The van der Waals surface area contributed by atoms with Gasteiger partial charge in [-0.15, -0.1) is 0 Å². The predicted molar refractivity (Wildman–Crippen MR) is 57.6 cm³/mol. The van der Waals surface area contributed by atoms with Crippen LogP contribution in [0.4, 0.5) is 0 Å². The molecule has 0 fully saturated rings. The minimum atomic E-state index is 0.0659. The number of Topliss-reactive ketones (excluding diaryl/α,β-unsaturated/α-hetero) is 1. The molecule has 0 bridgehead atoms. The number of carbonyl (C=O) groups is 1. The molecule has 2 aromatic rings. The highest BCUT2D eigenvalue weighted by atomic mass is 79.9. The Balaban J connectivity index is 2.77. The number of ketones is 1. The maximum Gasteiger partial charge on any atom is 0.161 e. The molecule has 0 aromatic carbocycles. The molecule has 2 heterocycles. The Morgan fingerprint density at radius 2 is 2.21 bits per heavy atom. The van der Waals surface area contributed by atoms with Gasteiger partial charge in [0.05, 0.1) is 5.52 Å². The smallest absolute Gasteiger partial charge is 0.161 e. The second-order valence-corrected chi connectivity index (χ2v) is 3.93. The van der Waals surface area contributed by atoms with E-state index >= 15 is 0 Å². The van der Waals surface area contributed by atoms with Gasteiger partial charge in [0.25, 0.3) is 0 Å². The second kappa shape index (κ2) is 3.20. The molecule has 0 aliphatic carbocycles. The van der Waals surface area contributed by atoms with E-state index in [1.54, 1.807) is 6.92 Å². The molecule has 14 heavy (non-hydrogen) atoms. The number of hydrogen-bond donors (Lipinski definition) is 0. The summed E-state index contributed by atoms with van der Waals surface area (Å²) in [7, 11) is 0. The van der Waals surface area contributed by atoms with Crippen LogP contribution in [0.25, 0.3) is 5.52 Å². The maximum atomic E-state index is 11.2. The van der Waals surface area contributed by atoms with Crippen molar-refractivity contribution < 1.29 is 4.79 Å². The van der Waals surface area contributed by atoms with Crippen LogP contribution in [-0.4, -0.2) is 15.2 Å². The first kappa shape index (κ1) is 9.40. The number of hydrogen-bond acceptors (Lipinski definition) is 2. The Bertz CT molecular complexity index is 516. The first-order valence-corrected chi connectivity index (χ1v) is 5.04. The highest BCUT2D eigenvalue weighted by Gasteiger charge is 2.07. The maximum absolute atomic E-state index is 11.2. The van der Waals surface area contributed by atoms with Crippen LogP contribution < -0.4 is 0 Å². The van der Waals surface area contributed by atoms with E-state index in [0.717, 1.165) is 15.9 Å². The molecule has 0 atom stereocenters. The number of aryl methyl sites for hydroxylation is 1. The van der Waals surface area contributed by atoms with Crippen LogP contribution in [0.1, 0.15) is 23.1 Å². The monoisotopic (exact) mass is 252 g/mol. The van der Waals surface area contributed by atoms with Crippen molar-refractivity contribution in [2.45, 2.75) is 13.8 Å². The Kier molecular flexibility index (Phi) is 2.15. The number of imidazole rings is 1. The number of nitrogens with zero attached hydrogens (tertiary/aromatic N) is 2. The van der Waals surface area contributed by atoms with Gasteiger partial charge in [-0.1, -0.05) is 0 Å². The fraction of sp³-hybridized carbons (Fsp3) is 0.200. The van der Waals surface area contributed by atoms with Gasteiger partial charge in [0, 0.05) is 11.8 Å². The van der Waals surface area contributed by atoms with E-state index in [2.05, 4.69) is 20.9 Å². The third-order valence-electron chi connectivity index (χ3n) is 2.17. The van der Waals surface area contributed by atoms with Gasteiger partial charge in [-0.3, -0.25) is 4.79 Å². The van der Waals surface area contributed by atoms with Gasteiger partial charge >= 0.3 is 0 Å². The Hall–Kier alpha value is -1.16. The van der Waals surface area contributed by atoms with Crippen molar-refractivity contribution in [2.75, 3.05) is 0 Å². The second-order valence-electron chi connectivity index (χ2n) is 3.18. The Labute approximate surface area is 89.9 Å².